The lowest BCUT2D eigenvalue weighted by Crippen LogP contribution is -2.28. The zero-order valence-electron chi connectivity index (χ0n) is 11.0. The first kappa shape index (κ1) is 12.1. The van der Waals surface area contributed by atoms with Gasteiger partial charge in [-0.15, -0.1) is 0 Å². The molecule has 4 nitrogen and oxygen atoms in total. The number of aromatic nitrogens is 2. The first-order valence-electron chi connectivity index (χ1n) is 6.62. The van der Waals surface area contributed by atoms with E-state index < -0.39 is 0 Å². The van der Waals surface area contributed by atoms with Crippen LogP contribution < -0.4 is 0 Å². The number of furan rings is 1. The molecule has 2 aromatic heterocycles. The number of hydrogen-bond acceptors (Lipinski definition) is 4. The van der Waals surface area contributed by atoms with Crippen molar-refractivity contribution in [1.82, 2.24) is 14.9 Å². The third kappa shape index (κ3) is 2.58. The van der Waals surface area contributed by atoms with Gasteiger partial charge in [0.1, 0.15) is 0 Å². The van der Waals surface area contributed by atoms with Crippen LogP contribution in [0.1, 0.15) is 18.9 Å². The Morgan fingerprint density at radius 2 is 2.21 bits per heavy atom. The van der Waals surface area contributed by atoms with Crippen molar-refractivity contribution in [1.29, 1.82) is 0 Å². The Morgan fingerprint density at radius 3 is 2.89 bits per heavy atom. The molecule has 0 fully saturated rings. The van der Waals surface area contributed by atoms with Crippen LogP contribution in [0.25, 0.3) is 11.6 Å². The fraction of sp³-hybridized carbons (Fsp3) is 0.333. The highest BCUT2D eigenvalue weighted by molar-refractivity contribution is 5.45. The molecule has 3 heterocycles. The van der Waals surface area contributed by atoms with Gasteiger partial charge in [-0.2, -0.15) is 0 Å². The highest BCUT2D eigenvalue weighted by Crippen LogP contribution is 2.18. The van der Waals surface area contributed by atoms with Gasteiger partial charge in [0.05, 0.1) is 6.26 Å². The smallest absolute Gasteiger partial charge is 0.195 e. The van der Waals surface area contributed by atoms with Gasteiger partial charge in [-0.05, 0) is 18.6 Å². The van der Waals surface area contributed by atoms with Crippen molar-refractivity contribution in [3.8, 4) is 11.6 Å². The van der Waals surface area contributed by atoms with Crippen molar-refractivity contribution >= 4 is 0 Å². The minimum Gasteiger partial charge on any atom is -0.461 e. The van der Waals surface area contributed by atoms with Gasteiger partial charge in [-0.3, -0.25) is 4.90 Å². The Bertz CT molecular complexity index is 545. The maximum absolute atomic E-state index is 5.28. The van der Waals surface area contributed by atoms with E-state index in [1.54, 1.807) is 6.26 Å². The summed E-state index contributed by atoms with van der Waals surface area (Å²) < 4.78 is 5.28. The number of rotatable bonds is 4. The summed E-state index contributed by atoms with van der Waals surface area (Å²) in [7, 11) is 0. The Morgan fingerprint density at radius 1 is 1.37 bits per heavy atom. The molecule has 1 atom stereocenters. The SMILES string of the molecule is CCC1C=CCN1Cc1cnc(-c2ccco2)nc1. The van der Waals surface area contributed by atoms with Crippen molar-refractivity contribution in [2.45, 2.75) is 25.9 Å². The molecule has 0 radical (unpaired) electrons. The monoisotopic (exact) mass is 255 g/mol. The second kappa shape index (κ2) is 5.36. The molecule has 4 heteroatoms. The third-order valence-corrected chi connectivity index (χ3v) is 3.42. The van der Waals surface area contributed by atoms with Gasteiger partial charge in [0.25, 0.3) is 0 Å². The number of nitrogens with zero attached hydrogens (tertiary/aromatic N) is 3. The molecule has 2 aromatic rings. The lowest BCUT2D eigenvalue weighted by Gasteiger charge is -2.22. The van der Waals surface area contributed by atoms with Crippen molar-refractivity contribution < 1.29 is 4.42 Å². The van der Waals surface area contributed by atoms with E-state index in [1.807, 2.05) is 24.5 Å². The van der Waals surface area contributed by atoms with Crippen LogP contribution in [-0.2, 0) is 6.54 Å². The molecule has 0 amide bonds. The normalized spacial score (nSPS) is 19.1. The second-order valence-corrected chi connectivity index (χ2v) is 4.73. The van der Waals surface area contributed by atoms with E-state index in [1.165, 1.54) is 0 Å². The highest BCUT2D eigenvalue weighted by Gasteiger charge is 2.18. The van der Waals surface area contributed by atoms with Gasteiger partial charge in [0.2, 0.25) is 0 Å². The van der Waals surface area contributed by atoms with Crippen LogP contribution in [0, 0.1) is 0 Å². The quantitative estimate of drug-likeness (QED) is 0.788. The lowest BCUT2D eigenvalue weighted by molar-refractivity contribution is 0.257. The lowest BCUT2D eigenvalue weighted by atomic mass is 10.2. The van der Waals surface area contributed by atoms with Crippen molar-refractivity contribution in [3.63, 3.8) is 0 Å². The molecular formula is C15H17N3O. The van der Waals surface area contributed by atoms with E-state index in [-0.39, 0.29) is 0 Å². The van der Waals surface area contributed by atoms with Gasteiger partial charge in [0, 0.05) is 37.1 Å². The minimum absolute atomic E-state index is 0.546. The van der Waals surface area contributed by atoms with Gasteiger partial charge in [-0.1, -0.05) is 19.1 Å². The predicted molar refractivity (Wildman–Crippen MR) is 73.4 cm³/mol. The Balaban J connectivity index is 1.70. The average Bonchev–Trinajstić information content (AvgIpc) is 3.10. The fourth-order valence-corrected chi connectivity index (χ4v) is 2.39. The summed E-state index contributed by atoms with van der Waals surface area (Å²) in [6.45, 7) is 4.12. The molecule has 1 aliphatic heterocycles. The van der Waals surface area contributed by atoms with Crippen LogP contribution in [-0.4, -0.2) is 27.5 Å². The maximum Gasteiger partial charge on any atom is 0.195 e. The fourth-order valence-electron chi connectivity index (χ4n) is 2.39. The molecule has 0 aliphatic carbocycles. The highest BCUT2D eigenvalue weighted by atomic mass is 16.3. The number of hydrogen-bond donors (Lipinski definition) is 0. The van der Waals surface area contributed by atoms with Crippen molar-refractivity contribution in [3.05, 3.63) is 48.5 Å². The van der Waals surface area contributed by atoms with Crippen LogP contribution in [0.15, 0.2) is 47.4 Å². The molecule has 0 bridgehead atoms. The first-order valence-corrected chi connectivity index (χ1v) is 6.62. The summed E-state index contributed by atoms with van der Waals surface area (Å²) >= 11 is 0. The molecule has 0 spiro atoms. The summed E-state index contributed by atoms with van der Waals surface area (Å²) in [6.07, 6.45) is 11.0. The molecule has 19 heavy (non-hydrogen) atoms. The molecular weight excluding hydrogens is 238 g/mol. The molecule has 0 aromatic carbocycles. The van der Waals surface area contributed by atoms with Gasteiger partial charge >= 0.3 is 0 Å². The maximum atomic E-state index is 5.28. The van der Waals surface area contributed by atoms with Gasteiger partial charge in [-0.25, -0.2) is 9.97 Å². The van der Waals surface area contributed by atoms with Crippen LogP contribution >= 0.6 is 0 Å². The van der Waals surface area contributed by atoms with Gasteiger partial charge < -0.3 is 4.42 Å². The summed E-state index contributed by atoms with van der Waals surface area (Å²) in [5, 5.41) is 0. The summed E-state index contributed by atoms with van der Waals surface area (Å²) in [4.78, 5) is 11.1. The van der Waals surface area contributed by atoms with Crippen LogP contribution in [0.2, 0.25) is 0 Å². The summed E-state index contributed by atoms with van der Waals surface area (Å²) in [5.41, 5.74) is 1.14. The summed E-state index contributed by atoms with van der Waals surface area (Å²) in [6, 6.07) is 4.26. The molecule has 3 rings (SSSR count). The van der Waals surface area contributed by atoms with Crippen LogP contribution in [0.5, 0.6) is 0 Å². The topological polar surface area (TPSA) is 42.2 Å². The largest absolute Gasteiger partial charge is 0.461 e. The van der Waals surface area contributed by atoms with E-state index in [2.05, 4.69) is 33.9 Å². The molecule has 98 valence electrons. The third-order valence-electron chi connectivity index (χ3n) is 3.42. The van der Waals surface area contributed by atoms with E-state index >= 15 is 0 Å². The average molecular weight is 255 g/mol. The molecule has 1 aliphatic rings. The molecule has 1 unspecified atom stereocenters. The van der Waals surface area contributed by atoms with E-state index in [0.717, 1.165) is 25.1 Å². The Kier molecular flexibility index (Phi) is 3.42. The zero-order chi connectivity index (χ0) is 13.1. The minimum atomic E-state index is 0.546. The Labute approximate surface area is 112 Å². The van der Waals surface area contributed by atoms with Crippen molar-refractivity contribution in [2.75, 3.05) is 6.54 Å². The zero-order valence-corrected chi connectivity index (χ0v) is 11.0. The molecule has 0 N–H and O–H groups in total. The van der Waals surface area contributed by atoms with Crippen LogP contribution in [0.3, 0.4) is 0 Å². The first-order chi connectivity index (χ1) is 9.36. The standard InChI is InChI=1S/C15H17N3O/c1-2-13-5-3-7-18(13)11-12-9-16-15(17-10-12)14-6-4-8-19-14/h3-6,8-10,13H,2,7,11H2,1H3. The second-order valence-electron chi connectivity index (χ2n) is 4.73. The van der Waals surface area contributed by atoms with Crippen molar-refractivity contribution in [2.24, 2.45) is 0 Å². The predicted octanol–water partition coefficient (Wildman–Crippen LogP) is 2.89. The Hall–Kier alpha value is -1.94. The van der Waals surface area contributed by atoms with E-state index in [9.17, 15) is 0 Å². The molecule has 0 saturated carbocycles. The van der Waals surface area contributed by atoms with E-state index in [0.29, 0.717) is 17.6 Å². The summed E-state index contributed by atoms with van der Waals surface area (Å²) in [5.74, 6) is 1.35. The van der Waals surface area contributed by atoms with Gasteiger partial charge in [0.15, 0.2) is 11.6 Å². The van der Waals surface area contributed by atoms with Crippen LogP contribution in [0.4, 0.5) is 0 Å². The molecule has 0 saturated heterocycles. The van der Waals surface area contributed by atoms with E-state index in [4.69, 9.17) is 4.42 Å².